The third-order valence-electron chi connectivity index (χ3n) is 5.03. The molecule has 0 N–H and O–H groups in total. The molecule has 2 heteroatoms. The third kappa shape index (κ3) is 1.98. The molecule has 0 aliphatic carbocycles. The van der Waals surface area contributed by atoms with E-state index in [-0.39, 0.29) is 11.9 Å². The predicted molar refractivity (Wildman–Crippen MR) is 89.0 cm³/mol. The van der Waals surface area contributed by atoms with E-state index in [9.17, 15) is 4.79 Å². The molecule has 2 aromatic rings. The van der Waals surface area contributed by atoms with Crippen molar-refractivity contribution in [3.63, 3.8) is 0 Å². The van der Waals surface area contributed by atoms with Crippen LogP contribution in [0.25, 0.3) is 11.1 Å². The normalized spacial score (nSPS) is 20.0. The highest BCUT2D eigenvalue weighted by molar-refractivity contribution is 6.03. The summed E-state index contributed by atoms with van der Waals surface area (Å²) in [5.41, 5.74) is 6.96. The van der Waals surface area contributed by atoms with E-state index in [1.165, 1.54) is 23.1 Å². The van der Waals surface area contributed by atoms with Crippen LogP contribution in [0.15, 0.2) is 36.4 Å². The quantitative estimate of drug-likeness (QED) is 0.692. The zero-order valence-corrected chi connectivity index (χ0v) is 13.2. The Labute approximate surface area is 131 Å². The number of carbonyl (C=O) groups is 1. The Morgan fingerprint density at radius 3 is 2.45 bits per heavy atom. The summed E-state index contributed by atoms with van der Waals surface area (Å²) in [6.45, 7) is 5.07. The van der Waals surface area contributed by atoms with Crippen LogP contribution in [0, 0.1) is 13.8 Å². The smallest absolute Gasteiger partial charge is 0.255 e. The molecule has 2 heterocycles. The van der Waals surface area contributed by atoms with E-state index in [1.807, 2.05) is 0 Å². The van der Waals surface area contributed by atoms with Crippen LogP contribution in [0.4, 0.5) is 0 Å². The van der Waals surface area contributed by atoms with Crippen LogP contribution in [-0.4, -0.2) is 17.4 Å². The standard InChI is InChI=1S/C20H21NO/c1-13-6-8-15-16-9-7-14(2)12-18(16)20(22)21-10-4-3-5-19(21)17(15)11-13/h6-9,11-12,19H,3-5,10H2,1-2H3. The fraction of sp³-hybridized carbons (Fsp3) is 0.350. The number of rotatable bonds is 0. The molecule has 1 unspecified atom stereocenters. The van der Waals surface area contributed by atoms with Crippen LogP contribution in [-0.2, 0) is 0 Å². The van der Waals surface area contributed by atoms with Crippen molar-refractivity contribution in [2.24, 2.45) is 0 Å². The number of aryl methyl sites for hydroxylation is 2. The maximum Gasteiger partial charge on any atom is 0.255 e. The molecule has 0 radical (unpaired) electrons. The molecule has 4 rings (SSSR count). The van der Waals surface area contributed by atoms with Gasteiger partial charge in [0.2, 0.25) is 0 Å². The second-order valence-electron chi connectivity index (χ2n) is 6.65. The summed E-state index contributed by atoms with van der Waals surface area (Å²) in [6, 6.07) is 13.2. The first-order valence-corrected chi connectivity index (χ1v) is 8.18. The molecular weight excluding hydrogens is 270 g/mol. The van der Waals surface area contributed by atoms with Gasteiger partial charge in [0.25, 0.3) is 5.91 Å². The maximum absolute atomic E-state index is 13.1. The van der Waals surface area contributed by atoms with Crippen LogP contribution in [0.5, 0.6) is 0 Å². The van der Waals surface area contributed by atoms with Crippen LogP contribution >= 0.6 is 0 Å². The molecule has 2 aliphatic rings. The molecule has 1 fully saturated rings. The number of hydrogen-bond donors (Lipinski definition) is 0. The summed E-state index contributed by atoms with van der Waals surface area (Å²) in [7, 11) is 0. The van der Waals surface area contributed by atoms with Crippen molar-refractivity contribution in [3.05, 3.63) is 58.7 Å². The lowest BCUT2D eigenvalue weighted by Crippen LogP contribution is -2.37. The van der Waals surface area contributed by atoms with Gasteiger partial charge in [-0.05, 0) is 55.9 Å². The van der Waals surface area contributed by atoms with E-state index in [0.29, 0.717) is 0 Å². The largest absolute Gasteiger partial charge is 0.332 e. The monoisotopic (exact) mass is 291 g/mol. The Morgan fingerprint density at radius 1 is 0.909 bits per heavy atom. The van der Waals surface area contributed by atoms with Crippen molar-refractivity contribution in [2.75, 3.05) is 6.54 Å². The first-order chi connectivity index (χ1) is 10.6. The van der Waals surface area contributed by atoms with Gasteiger partial charge in [-0.15, -0.1) is 0 Å². The number of amides is 1. The topological polar surface area (TPSA) is 20.3 Å². The summed E-state index contributed by atoms with van der Waals surface area (Å²) in [6.07, 6.45) is 3.40. The SMILES string of the molecule is Cc1ccc2c(c1)C(=O)N1CCCCC1c1cc(C)ccc1-2. The van der Waals surface area contributed by atoms with Crippen molar-refractivity contribution in [3.8, 4) is 11.1 Å². The molecule has 0 spiro atoms. The molecule has 1 atom stereocenters. The minimum Gasteiger partial charge on any atom is -0.332 e. The summed E-state index contributed by atoms with van der Waals surface area (Å²) in [5.74, 6) is 0.206. The van der Waals surface area contributed by atoms with E-state index in [0.717, 1.165) is 36.1 Å². The van der Waals surface area contributed by atoms with Gasteiger partial charge in [-0.25, -0.2) is 0 Å². The molecule has 1 saturated heterocycles. The van der Waals surface area contributed by atoms with Gasteiger partial charge in [0.1, 0.15) is 0 Å². The van der Waals surface area contributed by atoms with Gasteiger partial charge >= 0.3 is 0 Å². The number of hydrogen-bond acceptors (Lipinski definition) is 1. The molecule has 22 heavy (non-hydrogen) atoms. The van der Waals surface area contributed by atoms with Crippen molar-refractivity contribution in [2.45, 2.75) is 39.2 Å². The second-order valence-corrected chi connectivity index (χ2v) is 6.65. The van der Waals surface area contributed by atoms with Crippen LogP contribution in [0.3, 0.4) is 0 Å². The third-order valence-corrected chi connectivity index (χ3v) is 5.03. The Balaban J connectivity index is 2.02. The first-order valence-electron chi connectivity index (χ1n) is 8.18. The number of carbonyl (C=O) groups excluding carboxylic acids is 1. The Hall–Kier alpha value is -2.09. The highest BCUT2D eigenvalue weighted by Crippen LogP contribution is 2.42. The van der Waals surface area contributed by atoms with Crippen molar-refractivity contribution < 1.29 is 4.79 Å². The highest BCUT2D eigenvalue weighted by Gasteiger charge is 2.34. The molecule has 0 saturated carbocycles. The molecular formula is C20H21NO. The van der Waals surface area contributed by atoms with Crippen LogP contribution in [0.2, 0.25) is 0 Å². The van der Waals surface area contributed by atoms with E-state index in [4.69, 9.17) is 0 Å². The van der Waals surface area contributed by atoms with E-state index in [1.54, 1.807) is 0 Å². The average Bonchev–Trinajstić information content (AvgIpc) is 2.63. The summed E-state index contributed by atoms with van der Waals surface area (Å²) in [4.78, 5) is 15.2. The van der Waals surface area contributed by atoms with E-state index >= 15 is 0 Å². The highest BCUT2D eigenvalue weighted by atomic mass is 16.2. The van der Waals surface area contributed by atoms with Crippen molar-refractivity contribution in [1.82, 2.24) is 4.90 Å². The van der Waals surface area contributed by atoms with Crippen LogP contribution in [0.1, 0.15) is 52.4 Å². The van der Waals surface area contributed by atoms with Gasteiger partial charge in [0, 0.05) is 12.1 Å². The lowest BCUT2D eigenvalue weighted by molar-refractivity contribution is 0.0617. The molecule has 1 amide bonds. The number of benzene rings is 2. The number of piperidine rings is 1. The second kappa shape index (κ2) is 4.98. The van der Waals surface area contributed by atoms with Gasteiger partial charge in [0.15, 0.2) is 0 Å². The van der Waals surface area contributed by atoms with Gasteiger partial charge in [-0.1, -0.05) is 41.5 Å². The Kier molecular flexibility index (Phi) is 3.07. The first kappa shape index (κ1) is 13.6. The summed E-state index contributed by atoms with van der Waals surface area (Å²) >= 11 is 0. The molecule has 0 bridgehead atoms. The minimum absolute atomic E-state index is 0.206. The Bertz CT molecular complexity index is 762. The van der Waals surface area contributed by atoms with Crippen molar-refractivity contribution in [1.29, 1.82) is 0 Å². The molecule has 0 aromatic heterocycles. The van der Waals surface area contributed by atoms with Crippen LogP contribution < -0.4 is 0 Å². The zero-order valence-electron chi connectivity index (χ0n) is 13.2. The van der Waals surface area contributed by atoms with Gasteiger partial charge < -0.3 is 4.90 Å². The van der Waals surface area contributed by atoms with E-state index < -0.39 is 0 Å². The molecule has 112 valence electrons. The van der Waals surface area contributed by atoms with Crippen molar-refractivity contribution >= 4 is 5.91 Å². The summed E-state index contributed by atoms with van der Waals surface area (Å²) in [5, 5.41) is 0. The van der Waals surface area contributed by atoms with Gasteiger partial charge in [0.05, 0.1) is 6.04 Å². The molecule has 2 nitrogen and oxygen atoms in total. The lowest BCUT2D eigenvalue weighted by Gasteiger charge is -2.35. The van der Waals surface area contributed by atoms with E-state index in [2.05, 4.69) is 55.1 Å². The van der Waals surface area contributed by atoms with Gasteiger partial charge in [-0.3, -0.25) is 4.79 Å². The number of fused-ring (bicyclic) bond motifs is 5. The Morgan fingerprint density at radius 2 is 1.64 bits per heavy atom. The molecule has 2 aliphatic heterocycles. The predicted octanol–water partition coefficient (Wildman–Crippen LogP) is 4.65. The minimum atomic E-state index is 0.206. The van der Waals surface area contributed by atoms with Gasteiger partial charge in [-0.2, -0.15) is 0 Å². The lowest BCUT2D eigenvalue weighted by atomic mass is 9.89. The zero-order chi connectivity index (χ0) is 15.3. The summed E-state index contributed by atoms with van der Waals surface area (Å²) < 4.78 is 0. The fourth-order valence-electron chi connectivity index (χ4n) is 3.93. The fourth-order valence-corrected chi connectivity index (χ4v) is 3.93. The number of nitrogens with zero attached hydrogens (tertiary/aromatic N) is 1. The molecule has 2 aromatic carbocycles. The maximum atomic E-state index is 13.1. The average molecular weight is 291 g/mol.